The molecule has 19 nitrogen and oxygen atoms in total. The molecule has 3 rings (SSSR count). The van der Waals surface area contributed by atoms with E-state index in [-0.39, 0.29) is 37.6 Å². The highest BCUT2D eigenvalue weighted by Crippen LogP contribution is 2.37. The third-order valence-electron chi connectivity index (χ3n) is 9.49. The molecule has 0 radical (unpaired) electrons. The molecule has 0 aromatic heterocycles. The molecule has 1 aromatic carbocycles. The van der Waals surface area contributed by atoms with Gasteiger partial charge < -0.3 is 47.1 Å². The van der Waals surface area contributed by atoms with E-state index in [9.17, 15) is 38.1 Å². The van der Waals surface area contributed by atoms with E-state index in [1.54, 1.807) is 34.6 Å². The zero-order valence-corrected chi connectivity index (χ0v) is 34.5. The Morgan fingerprint density at radius 1 is 0.860 bits per heavy atom. The monoisotopic (exact) mass is 838 g/mol. The number of carbonyl (C=O) groups excluding carboxylic acids is 7. The summed E-state index contributed by atoms with van der Waals surface area (Å²) in [7, 11) is -4.85. The first kappa shape index (κ1) is 46.7. The van der Waals surface area contributed by atoms with Crippen molar-refractivity contribution in [2.75, 3.05) is 13.1 Å². The van der Waals surface area contributed by atoms with Crippen LogP contribution in [0.15, 0.2) is 24.3 Å². The Labute approximate surface area is 337 Å². The molecule has 2 saturated heterocycles. The average Bonchev–Trinajstić information content (AvgIpc) is 3.60. The summed E-state index contributed by atoms with van der Waals surface area (Å²) >= 11 is 5.23. The Balaban J connectivity index is 2.02. The fourth-order valence-corrected chi connectivity index (χ4v) is 7.11. The predicted molar refractivity (Wildman–Crippen MR) is 211 cm³/mol. The predicted octanol–water partition coefficient (Wildman–Crippen LogP) is -0.576. The van der Waals surface area contributed by atoms with Crippen LogP contribution in [0.25, 0.3) is 0 Å². The summed E-state index contributed by atoms with van der Waals surface area (Å²) in [5.41, 5.74) is 5.91. The number of nitrogens with zero attached hydrogens (tertiary/aromatic N) is 1. The van der Waals surface area contributed by atoms with Gasteiger partial charge in [-0.1, -0.05) is 52.0 Å². The number of primary amides is 1. The number of hydrogen-bond donors (Lipinski definition) is 9. The second kappa shape index (κ2) is 21.2. The SMILES string of the molecule is CC(=S)N[C@@H]1CCCCNC(=O)[C@H]2CCCN2C(=O)[C@H](C(C)C)NC(=O)[C@@H](CC(N)=O)NC(=O)[C@H](C(C)C)NC(=O)[C@@H](Cc2ccc(OP(=O)(O)O)cc2)NC1=O. The number of phosphoric ester groups is 1. The van der Waals surface area contributed by atoms with Crippen molar-refractivity contribution in [2.24, 2.45) is 17.6 Å². The van der Waals surface area contributed by atoms with Crippen LogP contribution in [0, 0.1) is 11.8 Å². The van der Waals surface area contributed by atoms with Crippen molar-refractivity contribution in [3.8, 4) is 5.75 Å². The van der Waals surface area contributed by atoms with Crippen molar-refractivity contribution in [3.05, 3.63) is 29.8 Å². The third-order valence-corrected chi connectivity index (χ3v) is 10.1. The number of thiocarbonyl (C=S) groups is 1. The molecule has 57 heavy (non-hydrogen) atoms. The molecule has 2 aliphatic rings. The van der Waals surface area contributed by atoms with Gasteiger partial charge in [-0.15, -0.1) is 0 Å². The molecule has 1 aromatic rings. The second-order valence-corrected chi connectivity index (χ2v) is 16.7. The Hall–Kier alpha value is -4.65. The number of fused-ring (bicyclic) bond motifs is 1. The summed E-state index contributed by atoms with van der Waals surface area (Å²) in [6.07, 6.45) is 1.33. The van der Waals surface area contributed by atoms with Crippen LogP contribution in [0.4, 0.5) is 0 Å². The van der Waals surface area contributed by atoms with Gasteiger partial charge in [0.1, 0.15) is 42.0 Å². The first-order valence-electron chi connectivity index (χ1n) is 18.9. The zero-order valence-electron chi connectivity index (χ0n) is 32.7. The summed E-state index contributed by atoms with van der Waals surface area (Å²) in [5, 5.41) is 16.4. The number of hydrogen-bond acceptors (Lipinski definition) is 10. The highest BCUT2D eigenvalue weighted by molar-refractivity contribution is 7.80. The van der Waals surface area contributed by atoms with Gasteiger partial charge in [-0.2, -0.15) is 0 Å². The largest absolute Gasteiger partial charge is 0.524 e. The molecule has 7 amide bonds. The van der Waals surface area contributed by atoms with Crippen LogP contribution >= 0.6 is 20.0 Å². The van der Waals surface area contributed by atoms with Crippen molar-refractivity contribution in [1.82, 2.24) is 36.8 Å². The highest BCUT2D eigenvalue weighted by atomic mass is 32.1. The smallest absolute Gasteiger partial charge is 0.404 e. The van der Waals surface area contributed by atoms with Gasteiger partial charge in [-0.05, 0) is 68.6 Å². The third kappa shape index (κ3) is 14.7. The maximum Gasteiger partial charge on any atom is 0.524 e. The van der Waals surface area contributed by atoms with Gasteiger partial charge in [0, 0.05) is 19.5 Å². The van der Waals surface area contributed by atoms with E-state index in [0.29, 0.717) is 36.2 Å². The van der Waals surface area contributed by atoms with E-state index in [0.717, 1.165) is 0 Å². The molecule has 21 heteroatoms. The van der Waals surface area contributed by atoms with Crippen LogP contribution in [0.1, 0.15) is 78.7 Å². The number of phosphoric acid groups is 1. The number of nitrogens with one attached hydrogen (secondary N) is 6. The lowest BCUT2D eigenvalue weighted by atomic mass is 9.99. The Morgan fingerprint density at radius 2 is 1.46 bits per heavy atom. The molecule has 10 N–H and O–H groups in total. The first-order chi connectivity index (χ1) is 26.7. The lowest BCUT2D eigenvalue weighted by molar-refractivity contribution is -0.143. The number of rotatable bonds is 9. The topological polar surface area (TPSA) is 288 Å². The van der Waals surface area contributed by atoms with Gasteiger partial charge in [-0.3, -0.25) is 43.3 Å². The van der Waals surface area contributed by atoms with E-state index in [4.69, 9.17) is 27.7 Å². The average molecular weight is 839 g/mol. The molecule has 2 aliphatic heterocycles. The lowest BCUT2D eigenvalue weighted by Crippen LogP contribution is -2.61. The number of benzene rings is 1. The second-order valence-electron chi connectivity index (χ2n) is 14.9. The molecule has 0 aliphatic carbocycles. The lowest BCUT2D eigenvalue weighted by Gasteiger charge is -2.32. The van der Waals surface area contributed by atoms with E-state index < -0.39 is 97.8 Å². The van der Waals surface area contributed by atoms with Crippen molar-refractivity contribution >= 4 is 66.4 Å². The van der Waals surface area contributed by atoms with E-state index in [1.165, 1.54) is 29.2 Å². The van der Waals surface area contributed by atoms with Crippen LogP contribution < -0.4 is 42.2 Å². The standard InChI is InChI=1S/C36H55N8O11PS/c1-19(2)29-35(50)41-26(18-28(37)45)33(48)43-30(20(3)4)36(51)44-16-8-10-27(44)34(49)38-15-7-6-9-24(39-21(5)57)31(46)40-25(32(47)42-29)17-22-11-13-23(14-12-22)55-56(52,53)54/h11-14,19-20,24-27,29-30H,6-10,15-18H2,1-5H3,(H2,37,45)(H,38,49)(H,39,57)(H,40,46)(H,41,50)(H,42,47)(H,43,48)(H2,52,53,54)/t24-,25-,26-,27-,29+,30+/m1/s1. The molecule has 2 fully saturated rings. The maximum atomic E-state index is 14.0. The van der Waals surface area contributed by atoms with Crippen LogP contribution in [0.2, 0.25) is 0 Å². The van der Waals surface area contributed by atoms with Gasteiger partial charge in [0.25, 0.3) is 0 Å². The number of amides is 7. The summed E-state index contributed by atoms with van der Waals surface area (Å²) in [5.74, 6) is -6.12. The summed E-state index contributed by atoms with van der Waals surface area (Å²) < 4.78 is 15.9. The number of carbonyl (C=O) groups is 7. The molecule has 6 atom stereocenters. The quantitative estimate of drug-likeness (QED) is 0.111. The Kier molecular flexibility index (Phi) is 17.4. The Morgan fingerprint density at radius 3 is 2.04 bits per heavy atom. The Bertz CT molecular complexity index is 1710. The molecule has 0 spiro atoms. The molecule has 0 unspecified atom stereocenters. The molecule has 316 valence electrons. The minimum Gasteiger partial charge on any atom is -0.404 e. The van der Waals surface area contributed by atoms with E-state index in [1.807, 2.05) is 0 Å². The van der Waals surface area contributed by atoms with Gasteiger partial charge >= 0.3 is 7.82 Å². The fraction of sp³-hybridized carbons (Fsp3) is 0.611. The van der Waals surface area contributed by atoms with Crippen LogP contribution in [0.3, 0.4) is 0 Å². The van der Waals surface area contributed by atoms with Crippen molar-refractivity contribution in [3.63, 3.8) is 0 Å². The molecule has 0 bridgehead atoms. The zero-order chi connectivity index (χ0) is 42.6. The van der Waals surface area contributed by atoms with Gasteiger partial charge in [0.2, 0.25) is 41.4 Å². The van der Waals surface area contributed by atoms with Gasteiger partial charge in [0.15, 0.2) is 0 Å². The van der Waals surface area contributed by atoms with Gasteiger partial charge in [0.05, 0.1) is 11.4 Å². The summed E-state index contributed by atoms with van der Waals surface area (Å²) in [6.45, 7) is 8.78. The van der Waals surface area contributed by atoms with Crippen LogP contribution in [-0.4, -0.2) is 110 Å². The fourth-order valence-electron chi connectivity index (χ4n) is 6.57. The highest BCUT2D eigenvalue weighted by Gasteiger charge is 2.40. The molecular formula is C36H55N8O11PS. The normalized spacial score (nSPS) is 25.2. The van der Waals surface area contributed by atoms with Crippen LogP contribution in [-0.2, 0) is 44.5 Å². The molecule has 2 heterocycles. The van der Waals surface area contributed by atoms with Crippen molar-refractivity contribution < 1.29 is 52.4 Å². The van der Waals surface area contributed by atoms with E-state index >= 15 is 0 Å². The summed E-state index contributed by atoms with van der Waals surface area (Å²) in [6, 6.07) is -1.54. The van der Waals surface area contributed by atoms with Crippen molar-refractivity contribution in [2.45, 2.75) is 116 Å². The molecular weight excluding hydrogens is 783 g/mol. The molecule has 0 saturated carbocycles. The van der Waals surface area contributed by atoms with Gasteiger partial charge in [-0.25, -0.2) is 4.57 Å². The minimum atomic E-state index is -4.85. The minimum absolute atomic E-state index is 0.143. The van der Waals surface area contributed by atoms with Crippen molar-refractivity contribution in [1.29, 1.82) is 0 Å². The first-order valence-corrected chi connectivity index (χ1v) is 20.8. The van der Waals surface area contributed by atoms with E-state index in [2.05, 4.69) is 36.4 Å². The maximum absolute atomic E-state index is 14.0. The number of nitrogens with two attached hydrogens (primary N) is 1. The van der Waals surface area contributed by atoms with Crippen LogP contribution in [0.5, 0.6) is 5.75 Å². The summed E-state index contributed by atoms with van der Waals surface area (Å²) in [4.78, 5) is 115.